The van der Waals surface area contributed by atoms with E-state index in [1.165, 1.54) is 6.08 Å². The molecule has 0 spiro atoms. The van der Waals surface area contributed by atoms with E-state index in [-0.39, 0.29) is 31.0 Å². The minimum absolute atomic E-state index is 0.123. The van der Waals surface area contributed by atoms with Gasteiger partial charge in [0.05, 0.1) is 0 Å². The van der Waals surface area contributed by atoms with E-state index in [1.807, 2.05) is 0 Å². The molecule has 0 bridgehead atoms. The van der Waals surface area contributed by atoms with E-state index in [9.17, 15) is 14.4 Å². The summed E-state index contributed by atoms with van der Waals surface area (Å²) < 4.78 is 0. The van der Waals surface area contributed by atoms with Crippen LogP contribution >= 0.6 is 0 Å². The van der Waals surface area contributed by atoms with Crippen molar-refractivity contribution in [1.29, 1.82) is 0 Å². The van der Waals surface area contributed by atoms with Gasteiger partial charge in [0.2, 0.25) is 5.91 Å². The van der Waals surface area contributed by atoms with Crippen molar-refractivity contribution in [2.45, 2.75) is 12.8 Å². The summed E-state index contributed by atoms with van der Waals surface area (Å²) >= 11 is 0. The fourth-order valence-electron chi connectivity index (χ4n) is 1.35. The number of nitrogens with zero attached hydrogens (tertiary/aromatic N) is 2. The molecule has 92 valence electrons. The van der Waals surface area contributed by atoms with Crippen LogP contribution in [0.25, 0.3) is 0 Å². The first-order valence-electron chi connectivity index (χ1n) is 5.02. The van der Waals surface area contributed by atoms with Crippen LogP contribution in [0.15, 0.2) is 17.8 Å². The van der Waals surface area contributed by atoms with Crippen LogP contribution in [-0.2, 0) is 14.4 Å². The average Bonchev–Trinajstić information content (AvgIpc) is 2.28. The summed E-state index contributed by atoms with van der Waals surface area (Å²) in [6, 6.07) is 0. The molecule has 0 aromatic heterocycles. The lowest BCUT2D eigenvalue weighted by Gasteiger charge is -2.21. The van der Waals surface area contributed by atoms with Gasteiger partial charge in [-0.15, -0.1) is 6.58 Å². The Labute approximate surface area is 97.8 Å². The molecule has 1 rings (SSSR count). The van der Waals surface area contributed by atoms with Crippen LogP contribution in [0.4, 0.5) is 0 Å². The Hall–Kier alpha value is -2.18. The van der Waals surface area contributed by atoms with Gasteiger partial charge in [-0.05, 0) is 0 Å². The standard InChI is InChI=1S/C10H13N3O4/c1-2-5-13(6-9(15)16)10(17)7-3-4-8(14)12-11-7/h2H,1,3-6H2,(H,12,14)(H,15,16). The number of rotatable bonds is 5. The summed E-state index contributed by atoms with van der Waals surface area (Å²) in [5.74, 6) is -1.86. The average molecular weight is 239 g/mol. The van der Waals surface area contributed by atoms with Gasteiger partial charge in [0.1, 0.15) is 12.3 Å². The van der Waals surface area contributed by atoms with Crippen LogP contribution in [0, 0.1) is 0 Å². The molecule has 2 N–H and O–H groups in total. The first-order chi connectivity index (χ1) is 8.04. The smallest absolute Gasteiger partial charge is 0.323 e. The van der Waals surface area contributed by atoms with Crippen molar-refractivity contribution in [2.75, 3.05) is 13.1 Å². The maximum absolute atomic E-state index is 11.9. The minimum atomic E-state index is -1.11. The van der Waals surface area contributed by atoms with Gasteiger partial charge in [0.25, 0.3) is 5.91 Å². The van der Waals surface area contributed by atoms with Crippen LogP contribution in [-0.4, -0.2) is 46.6 Å². The molecule has 0 atom stereocenters. The second-order valence-corrected chi connectivity index (χ2v) is 3.46. The number of hydrogen-bond acceptors (Lipinski definition) is 4. The summed E-state index contributed by atoms with van der Waals surface area (Å²) in [6.07, 6.45) is 1.83. The number of carbonyl (C=O) groups excluding carboxylic acids is 2. The molecule has 0 fully saturated rings. The molecule has 0 aromatic carbocycles. The lowest BCUT2D eigenvalue weighted by atomic mass is 10.1. The van der Waals surface area contributed by atoms with Crippen LogP contribution in [0.2, 0.25) is 0 Å². The molecular formula is C10H13N3O4. The second kappa shape index (κ2) is 5.78. The molecule has 2 amide bonds. The molecule has 0 saturated heterocycles. The lowest BCUT2D eigenvalue weighted by molar-refractivity contribution is -0.142. The Kier molecular flexibility index (Phi) is 4.38. The van der Waals surface area contributed by atoms with E-state index < -0.39 is 18.4 Å². The number of carboxylic acids is 1. The molecule has 0 aromatic rings. The van der Waals surface area contributed by atoms with Gasteiger partial charge in [-0.25, -0.2) is 5.43 Å². The molecule has 1 aliphatic rings. The third-order valence-corrected chi connectivity index (χ3v) is 2.11. The second-order valence-electron chi connectivity index (χ2n) is 3.46. The maximum Gasteiger partial charge on any atom is 0.323 e. The lowest BCUT2D eigenvalue weighted by Crippen LogP contribution is -2.42. The highest BCUT2D eigenvalue weighted by molar-refractivity contribution is 6.39. The van der Waals surface area contributed by atoms with Crippen molar-refractivity contribution in [1.82, 2.24) is 10.3 Å². The predicted octanol–water partition coefficient (Wildman–Crippen LogP) is -0.648. The highest BCUT2D eigenvalue weighted by Crippen LogP contribution is 2.03. The topological polar surface area (TPSA) is 99.1 Å². The van der Waals surface area contributed by atoms with E-state index in [0.717, 1.165) is 4.90 Å². The zero-order valence-corrected chi connectivity index (χ0v) is 9.18. The van der Waals surface area contributed by atoms with Gasteiger partial charge in [-0.2, -0.15) is 5.10 Å². The van der Waals surface area contributed by atoms with Crippen molar-refractivity contribution in [2.24, 2.45) is 5.10 Å². The van der Waals surface area contributed by atoms with Gasteiger partial charge in [0.15, 0.2) is 0 Å². The summed E-state index contributed by atoms with van der Waals surface area (Å²) in [6.45, 7) is 3.16. The number of carboxylic acid groups (broad SMARTS) is 1. The molecule has 7 heteroatoms. The third kappa shape index (κ3) is 3.71. The Morgan fingerprint density at radius 1 is 1.53 bits per heavy atom. The van der Waals surface area contributed by atoms with Crippen LogP contribution < -0.4 is 5.43 Å². The van der Waals surface area contributed by atoms with Crippen molar-refractivity contribution >= 4 is 23.5 Å². The molecule has 0 aliphatic carbocycles. The summed E-state index contributed by atoms with van der Waals surface area (Å²) in [5.41, 5.74) is 2.35. The van der Waals surface area contributed by atoms with Crippen molar-refractivity contribution in [3.8, 4) is 0 Å². The van der Waals surface area contributed by atoms with E-state index in [2.05, 4.69) is 17.1 Å². The normalized spacial score (nSPS) is 14.6. The van der Waals surface area contributed by atoms with E-state index >= 15 is 0 Å². The van der Waals surface area contributed by atoms with Gasteiger partial charge in [-0.1, -0.05) is 6.08 Å². The zero-order valence-electron chi connectivity index (χ0n) is 9.18. The van der Waals surface area contributed by atoms with Crippen molar-refractivity contribution < 1.29 is 19.5 Å². The number of carbonyl (C=O) groups is 3. The highest BCUT2D eigenvalue weighted by atomic mass is 16.4. The van der Waals surface area contributed by atoms with E-state index in [4.69, 9.17) is 5.11 Å². The van der Waals surface area contributed by atoms with Gasteiger partial charge >= 0.3 is 5.97 Å². The Balaban J connectivity index is 2.73. The van der Waals surface area contributed by atoms with Crippen molar-refractivity contribution in [3.05, 3.63) is 12.7 Å². The SMILES string of the molecule is C=CCN(CC(=O)O)C(=O)C1=NNC(=O)CC1. The molecule has 1 heterocycles. The Bertz CT molecular complexity index is 389. The molecule has 17 heavy (non-hydrogen) atoms. The number of hydrazone groups is 1. The number of nitrogens with one attached hydrogen (secondary N) is 1. The summed E-state index contributed by atoms with van der Waals surface area (Å²) in [4.78, 5) is 34.4. The van der Waals surface area contributed by atoms with Crippen LogP contribution in [0.1, 0.15) is 12.8 Å². The Morgan fingerprint density at radius 3 is 2.71 bits per heavy atom. The van der Waals surface area contributed by atoms with Crippen molar-refractivity contribution in [3.63, 3.8) is 0 Å². The number of hydrogen-bond donors (Lipinski definition) is 2. The summed E-state index contributed by atoms with van der Waals surface area (Å²) in [5, 5.41) is 12.3. The fraction of sp³-hybridized carbons (Fsp3) is 0.400. The maximum atomic E-state index is 11.9. The van der Waals surface area contributed by atoms with Gasteiger partial charge in [-0.3, -0.25) is 14.4 Å². The quantitative estimate of drug-likeness (QED) is 0.623. The van der Waals surface area contributed by atoms with Crippen LogP contribution in [0.3, 0.4) is 0 Å². The fourth-order valence-corrected chi connectivity index (χ4v) is 1.35. The van der Waals surface area contributed by atoms with E-state index in [0.29, 0.717) is 0 Å². The first-order valence-corrected chi connectivity index (χ1v) is 5.02. The molecule has 0 radical (unpaired) electrons. The van der Waals surface area contributed by atoms with Gasteiger partial charge < -0.3 is 10.0 Å². The minimum Gasteiger partial charge on any atom is -0.480 e. The molecule has 1 aliphatic heterocycles. The third-order valence-electron chi connectivity index (χ3n) is 2.11. The van der Waals surface area contributed by atoms with Gasteiger partial charge in [0, 0.05) is 19.4 Å². The largest absolute Gasteiger partial charge is 0.480 e. The number of aliphatic carboxylic acids is 1. The monoisotopic (exact) mass is 239 g/mol. The van der Waals surface area contributed by atoms with E-state index in [1.54, 1.807) is 0 Å². The Morgan fingerprint density at radius 2 is 2.24 bits per heavy atom. The zero-order chi connectivity index (χ0) is 12.8. The highest BCUT2D eigenvalue weighted by Gasteiger charge is 2.24. The molecule has 0 saturated carbocycles. The first kappa shape index (κ1) is 12.9. The molecular weight excluding hydrogens is 226 g/mol. The predicted molar refractivity (Wildman–Crippen MR) is 59.2 cm³/mol. The molecule has 0 unspecified atom stereocenters. The summed E-state index contributed by atoms with van der Waals surface area (Å²) in [7, 11) is 0. The number of amides is 2. The van der Waals surface area contributed by atoms with Crippen LogP contribution in [0.5, 0.6) is 0 Å². The molecule has 7 nitrogen and oxygen atoms in total.